The molecule has 0 aliphatic carbocycles. The molecule has 4 N–H and O–H groups in total. The van der Waals surface area contributed by atoms with Crippen molar-refractivity contribution in [1.82, 2.24) is 0 Å². The van der Waals surface area contributed by atoms with E-state index in [9.17, 15) is 30.0 Å². The lowest BCUT2D eigenvalue weighted by atomic mass is 9.88. The fourth-order valence-corrected chi connectivity index (χ4v) is 5.17. The number of aliphatic hydroxyl groups is 4. The molecule has 0 spiro atoms. The number of cyclic esters (lactones) is 1. The summed E-state index contributed by atoms with van der Waals surface area (Å²) in [5, 5.41) is 41.3. The average molecular weight is 563 g/mol. The van der Waals surface area contributed by atoms with Crippen molar-refractivity contribution in [2.45, 2.75) is 116 Å². The van der Waals surface area contributed by atoms with E-state index in [0.29, 0.717) is 24.3 Å². The number of hydrogen-bond donors (Lipinski definition) is 4. The minimum Gasteiger partial charge on any atom is -0.457 e. The van der Waals surface area contributed by atoms with Gasteiger partial charge in [0.25, 0.3) is 0 Å². The minimum absolute atomic E-state index is 0.00630. The Hall–Kier alpha value is -2.10. The summed E-state index contributed by atoms with van der Waals surface area (Å²) in [6, 6.07) is 0. The molecule has 40 heavy (non-hydrogen) atoms. The molecule has 0 amide bonds. The van der Waals surface area contributed by atoms with Crippen LogP contribution in [0.15, 0.2) is 47.6 Å². The number of hydrogen-bond acceptors (Lipinski definition) is 8. The molecule has 2 heterocycles. The van der Waals surface area contributed by atoms with Crippen molar-refractivity contribution in [2.24, 2.45) is 17.8 Å². The van der Waals surface area contributed by atoms with Crippen LogP contribution in [0.5, 0.6) is 0 Å². The highest BCUT2D eigenvalue weighted by Crippen LogP contribution is 2.32. The first kappa shape index (κ1) is 34.1. The van der Waals surface area contributed by atoms with Crippen LogP contribution in [0.3, 0.4) is 0 Å². The second-order valence-corrected chi connectivity index (χ2v) is 11.9. The van der Waals surface area contributed by atoms with Crippen molar-refractivity contribution >= 4 is 11.8 Å². The number of aliphatic hydroxyl groups excluding tert-OH is 4. The number of esters is 1. The molecule has 1 saturated heterocycles. The van der Waals surface area contributed by atoms with Gasteiger partial charge in [0.05, 0.1) is 24.9 Å². The number of carbonyl (C=O) groups is 2. The number of epoxide rings is 1. The van der Waals surface area contributed by atoms with Crippen LogP contribution in [-0.4, -0.2) is 75.4 Å². The summed E-state index contributed by atoms with van der Waals surface area (Å²) in [4.78, 5) is 25.1. The molecule has 0 bridgehead atoms. The van der Waals surface area contributed by atoms with Gasteiger partial charge in [-0.2, -0.15) is 0 Å². The molecule has 8 nitrogen and oxygen atoms in total. The monoisotopic (exact) mass is 562 g/mol. The van der Waals surface area contributed by atoms with Crippen molar-refractivity contribution in [3.8, 4) is 0 Å². The Morgan fingerprint density at radius 2 is 1.70 bits per heavy atom. The van der Waals surface area contributed by atoms with Crippen molar-refractivity contribution in [1.29, 1.82) is 0 Å². The predicted molar refractivity (Wildman–Crippen MR) is 154 cm³/mol. The molecular formula is C32H50O8. The Morgan fingerprint density at radius 3 is 2.38 bits per heavy atom. The van der Waals surface area contributed by atoms with Crippen LogP contribution in [0.2, 0.25) is 0 Å². The molecule has 0 saturated carbocycles. The van der Waals surface area contributed by atoms with Crippen LogP contribution < -0.4 is 0 Å². The van der Waals surface area contributed by atoms with Crippen molar-refractivity contribution in [3.63, 3.8) is 0 Å². The van der Waals surface area contributed by atoms with Gasteiger partial charge in [-0.15, -0.1) is 0 Å². The van der Waals surface area contributed by atoms with Crippen molar-refractivity contribution in [2.75, 3.05) is 6.61 Å². The Morgan fingerprint density at radius 1 is 1.00 bits per heavy atom. The SMILES string of the molecule is C=C1/C=C(\C)[C@@H](C)C[C@@H](O)CC(=O)[C@@H](O)[C@H](O)[C@H](C)C[C@H](CO)OC(=O)/C(C)=C/CC/C=C/[C@@H]2O[C@H]2C[C@H](C)C1. The second kappa shape index (κ2) is 16.4. The summed E-state index contributed by atoms with van der Waals surface area (Å²) in [6.45, 7) is 13.1. The number of ketones is 1. The highest BCUT2D eigenvalue weighted by molar-refractivity contribution is 5.87. The number of fused-ring (bicyclic) bond motifs is 1. The normalized spacial score (nSPS) is 40.1. The van der Waals surface area contributed by atoms with Crippen LogP contribution in [0.1, 0.15) is 79.6 Å². The standard InChI is InChI=1S/C32H50O8/c1-19-12-20(2)14-29-28(40-29)11-9-7-8-10-21(3)32(38)39-26(18-33)16-24(6)30(36)31(37)27(35)17-25(34)15-23(5)22(4)13-19/h9-11,13,20,23-26,28-31,33-34,36-37H,1,7-8,12,14-18H2,2-6H3/b11-9+,21-10+,22-13+/t20-,23+,24-,25-,26-,28+,29+,30-,31-/m1/s1. The first-order valence-electron chi connectivity index (χ1n) is 14.6. The van der Waals surface area contributed by atoms with E-state index in [1.165, 1.54) is 0 Å². The van der Waals surface area contributed by atoms with Gasteiger partial charge in [-0.05, 0) is 70.1 Å². The summed E-state index contributed by atoms with van der Waals surface area (Å²) in [6.07, 6.45) is 6.52. The molecule has 1 fully saturated rings. The zero-order valence-electron chi connectivity index (χ0n) is 24.8. The van der Waals surface area contributed by atoms with E-state index in [1.54, 1.807) is 19.9 Å². The Kier molecular flexibility index (Phi) is 14.0. The van der Waals surface area contributed by atoms with E-state index in [1.807, 2.05) is 19.9 Å². The van der Waals surface area contributed by atoms with E-state index in [4.69, 9.17) is 9.47 Å². The molecule has 0 aromatic heterocycles. The van der Waals surface area contributed by atoms with Gasteiger partial charge in [0.1, 0.15) is 18.3 Å². The molecule has 2 aliphatic rings. The molecule has 8 heteroatoms. The zero-order chi connectivity index (χ0) is 30.0. The largest absolute Gasteiger partial charge is 0.457 e. The van der Waals surface area contributed by atoms with Gasteiger partial charge >= 0.3 is 5.97 Å². The highest BCUT2D eigenvalue weighted by Gasteiger charge is 2.37. The maximum absolute atomic E-state index is 12.6. The van der Waals surface area contributed by atoms with E-state index < -0.39 is 48.7 Å². The van der Waals surface area contributed by atoms with Crippen molar-refractivity contribution < 1.29 is 39.5 Å². The Bertz CT molecular complexity index is 951. The van der Waals surface area contributed by atoms with Gasteiger partial charge in [-0.1, -0.05) is 62.8 Å². The number of carbonyl (C=O) groups excluding carboxylic acids is 2. The topological polar surface area (TPSA) is 137 Å². The average Bonchev–Trinajstić information content (AvgIpc) is 3.62. The molecule has 226 valence electrons. The summed E-state index contributed by atoms with van der Waals surface area (Å²) >= 11 is 0. The van der Waals surface area contributed by atoms with Gasteiger partial charge in [-0.3, -0.25) is 4.79 Å². The van der Waals surface area contributed by atoms with Crippen LogP contribution in [0.25, 0.3) is 0 Å². The number of Topliss-reactive ketones (excluding diaryl/α,β-unsaturated/α-hetero) is 1. The van der Waals surface area contributed by atoms with Gasteiger partial charge < -0.3 is 29.9 Å². The van der Waals surface area contributed by atoms with E-state index in [2.05, 4.69) is 25.7 Å². The van der Waals surface area contributed by atoms with Gasteiger partial charge in [0.15, 0.2) is 5.78 Å². The minimum atomic E-state index is -1.70. The summed E-state index contributed by atoms with van der Waals surface area (Å²) in [7, 11) is 0. The van der Waals surface area contributed by atoms with Crippen LogP contribution >= 0.6 is 0 Å². The molecule has 0 radical (unpaired) electrons. The molecule has 2 aliphatic heterocycles. The first-order valence-corrected chi connectivity index (χ1v) is 14.6. The maximum atomic E-state index is 12.6. The third kappa shape index (κ3) is 11.4. The van der Waals surface area contributed by atoms with Crippen molar-refractivity contribution in [3.05, 3.63) is 47.6 Å². The van der Waals surface area contributed by atoms with Crippen LogP contribution in [0.4, 0.5) is 0 Å². The number of rotatable bonds is 1. The molecule has 0 aromatic carbocycles. The van der Waals surface area contributed by atoms with E-state index in [-0.39, 0.29) is 31.0 Å². The number of ether oxygens (including phenoxy) is 2. The molecular weight excluding hydrogens is 512 g/mol. The molecule has 9 atom stereocenters. The van der Waals surface area contributed by atoms with E-state index in [0.717, 1.165) is 30.4 Å². The second-order valence-electron chi connectivity index (χ2n) is 11.9. The van der Waals surface area contributed by atoms with Gasteiger partial charge in [0.2, 0.25) is 0 Å². The van der Waals surface area contributed by atoms with Crippen LogP contribution in [-0.2, 0) is 19.1 Å². The molecule has 0 unspecified atom stereocenters. The third-order valence-corrected chi connectivity index (χ3v) is 7.92. The lowest BCUT2D eigenvalue weighted by Gasteiger charge is -2.27. The lowest BCUT2D eigenvalue weighted by molar-refractivity contribution is -0.149. The Labute approximate surface area is 239 Å². The first-order chi connectivity index (χ1) is 18.8. The lowest BCUT2D eigenvalue weighted by Crippen LogP contribution is -2.41. The highest BCUT2D eigenvalue weighted by atomic mass is 16.6. The maximum Gasteiger partial charge on any atom is 0.333 e. The summed E-state index contributed by atoms with van der Waals surface area (Å²) in [5.41, 5.74) is 2.47. The van der Waals surface area contributed by atoms with Gasteiger partial charge in [-0.25, -0.2) is 4.79 Å². The quantitative estimate of drug-likeness (QED) is 0.214. The smallest absolute Gasteiger partial charge is 0.333 e. The third-order valence-electron chi connectivity index (χ3n) is 7.92. The number of allylic oxidation sites excluding steroid dienone is 5. The van der Waals surface area contributed by atoms with Gasteiger partial charge in [0, 0.05) is 12.0 Å². The summed E-state index contributed by atoms with van der Waals surface area (Å²) in [5.74, 6) is -1.49. The fourth-order valence-electron chi connectivity index (χ4n) is 5.17. The predicted octanol–water partition coefficient (Wildman–Crippen LogP) is 3.97. The molecule has 2 rings (SSSR count). The molecule has 0 aromatic rings. The van der Waals surface area contributed by atoms with E-state index >= 15 is 0 Å². The summed E-state index contributed by atoms with van der Waals surface area (Å²) < 4.78 is 11.2. The Balaban J connectivity index is 2.13. The van der Waals surface area contributed by atoms with Crippen LogP contribution in [0, 0.1) is 17.8 Å². The fraction of sp³-hybridized carbons (Fsp3) is 0.688. The zero-order valence-corrected chi connectivity index (χ0v) is 24.8.